The molecule has 1 aliphatic heterocycles. The van der Waals surface area contributed by atoms with Gasteiger partial charge in [-0.25, -0.2) is 0 Å². The van der Waals surface area contributed by atoms with Gasteiger partial charge in [-0.1, -0.05) is 22.6 Å². The summed E-state index contributed by atoms with van der Waals surface area (Å²) in [6.45, 7) is -0.513. The fourth-order valence-electron chi connectivity index (χ4n) is 1.64. The standard InChI is InChI=1S/C9H13F3INO5/c1-18-7-5(14-8(17)9(10,11)12)4(13)6(16)3(2-15)19-7/h3-7,15-16H,2H2,1H3,(H,14,17)/t3-,4+,5-,6-,7+/m1/s1. The van der Waals surface area contributed by atoms with Gasteiger partial charge < -0.3 is 25.0 Å². The van der Waals surface area contributed by atoms with Crippen molar-refractivity contribution in [2.45, 2.75) is 34.6 Å². The first-order valence-corrected chi connectivity index (χ1v) is 6.45. The Kier molecular flexibility index (Phi) is 5.79. The average Bonchev–Trinajstić information content (AvgIpc) is 2.34. The fraction of sp³-hybridized carbons (Fsp3) is 0.889. The van der Waals surface area contributed by atoms with E-state index in [9.17, 15) is 23.1 Å². The third kappa shape index (κ3) is 3.90. The lowest BCUT2D eigenvalue weighted by molar-refractivity contribution is -0.231. The zero-order valence-corrected chi connectivity index (χ0v) is 11.9. The predicted octanol–water partition coefficient (Wildman–Crippen LogP) is -0.438. The molecule has 10 heteroatoms. The molecule has 0 aromatic rings. The number of amides is 1. The van der Waals surface area contributed by atoms with Crippen LogP contribution in [0.25, 0.3) is 0 Å². The Morgan fingerprint density at radius 1 is 1.53 bits per heavy atom. The first-order valence-electron chi connectivity index (χ1n) is 5.21. The number of alkyl halides is 4. The highest BCUT2D eigenvalue weighted by atomic mass is 127. The van der Waals surface area contributed by atoms with Gasteiger partial charge in [-0.3, -0.25) is 4.79 Å². The van der Waals surface area contributed by atoms with Crippen molar-refractivity contribution in [3.63, 3.8) is 0 Å². The second kappa shape index (κ2) is 6.52. The van der Waals surface area contributed by atoms with Crippen LogP contribution in [0.15, 0.2) is 0 Å². The van der Waals surface area contributed by atoms with Crippen LogP contribution in [0.3, 0.4) is 0 Å². The van der Waals surface area contributed by atoms with Crippen molar-refractivity contribution in [3.8, 4) is 0 Å². The minimum Gasteiger partial charge on any atom is -0.394 e. The van der Waals surface area contributed by atoms with E-state index in [1.807, 2.05) is 0 Å². The van der Waals surface area contributed by atoms with Gasteiger partial charge in [-0.15, -0.1) is 0 Å². The van der Waals surface area contributed by atoms with Crippen LogP contribution in [0.1, 0.15) is 0 Å². The van der Waals surface area contributed by atoms with Crippen LogP contribution in [0.2, 0.25) is 0 Å². The Hall–Kier alpha value is -0.170. The molecular formula is C9H13F3INO5. The molecule has 0 spiro atoms. The van der Waals surface area contributed by atoms with Crippen molar-refractivity contribution in [1.82, 2.24) is 5.32 Å². The summed E-state index contributed by atoms with van der Waals surface area (Å²) in [5, 5.41) is 20.5. The van der Waals surface area contributed by atoms with Gasteiger partial charge >= 0.3 is 12.1 Å². The number of carbonyl (C=O) groups is 1. The largest absolute Gasteiger partial charge is 0.471 e. The van der Waals surface area contributed by atoms with Crippen LogP contribution in [0.5, 0.6) is 0 Å². The van der Waals surface area contributed by atoms with Gasteiger partial charge in [0.2, 0.25) is 0 Å². The second-order valence-corrected chi connectivity index (χ2v) is 5.33. The van der Waals surface area contributed by atoms with Crippen molar-refractivity contribution >= 4 is 28.5 Å². The number of hydrogen-bond acceptors (Lipinski definition) is 5. The Labute approximate surface area is 120 Å². The van der Waals surface area contributed by atoms with Crippen molar-refractivity contribution in [2.24, 2.45) is 0 Å². The molecule has 1 aliphatic rings. The molecule has 0 aliphatic carbocycles. The van der Waals surface area contributed by atoms with Gasteiger partial charge in [0.05, 0.1) is 22.7 Å². The van der Waals surface area contributed by atoms with Gasteiger partial charge in [0, 0.05) is 7.11 Å². The molecule has 1 heterocycles. The molecule has 1 amide bonds. The number of halogens is 4. The molecule has 0 aromatic heterocycles. The van der Waals surface area contributed by atoms with E-state index in [1.54, 1.807) is 27.9 Å². The topological polar surface area (TPSA) is 88.0 Å². The highest BCUT2D eigenvalue weighted by molar-refractivity contribution is 14.1. The molecule has 0 saturated carbocycles. The fourth-order valence-corrected chi connectivity index (χ4v) is 2.62. The van der Waals surface area contributed by atoms with Gasteiger partial charge in [0.15, 0.2) is 6.29 Å². The Morgan fingerprint density at radius 2 is 2.11 bits per heavy atom. The highest BCUT2D eigenvalue weighted by Crippen LogP contribution is 2.28. The summed E-state index contributed by atoms with van der Waals surface area (Å²) in [5.74, 6) is -2.14. The lowest BCUT2D eigenvalue weighted by atomic mass is 10.0. The van der Waals surface area contributed by atoms with E-state index in [4.69, 9.17) is 14.6 Å². The number of nitrogens with one attached hydrogen (secondary N) is 1. The summed E-state index contributed by atoms with van der Waals surface area (Å²) in [5.41, 5.74) is 0. The molecule has 1 rings (SSSR count). The van der Waals surface area contributed by atoms with E-state index in [0.717, 1.165) is 0 Å². The molecule has 0 aromatic carbocycles. The first kappa shape index (κ1) is 16.9. The number of rotatable bonds is 3. The molecule has 1 fully saturated rings. The zero-order valence-electron chi connectivity index (χ0n) is 9.72. The normalized spacial score (nSPS) is 36.1. The van der Waals surface area contributed by atoms with Crippen LogP contribution in [-0.2, 0) is 14.3 Å². The van der Waals surface area contributed by atoms with E-state index in [2.05, 4.69) is 0 Å². The van der Waals surface area contributed by atoms with E-state index >= 15 is 0 Å². The quantitative estimate of drug-likeness (QED) is 0.443. The molecule has 0 unspecified atom stereocenters. The third-order valence-electron chi connectivity index (χ3n) is 2.62. The maximum absolute atomic E-state index is 12.2. The highest BCUT2D eigenvalue weighted by Gasteiger charge is 2.48. The van der Waals surface area contributed by atoms with Crippen LogP contribution in [-0.4, -0.2) is 64.5 Å². The number of methoxy groups -OCH3 is 1. The number of carbonyl (C=O) groups excluding carboxylic acids is 1. The summed E-state index contributed by atoms with van der Waals surface area (Å²) in [7, 11) is 1.19. The van der Waals surface area contributed by atoms with Gasteiger partial charge in [0.1, 0.15) is 6.10 Å². The summed E-state index contributed by atoms with van der Waals surface area (Å²) >= 11 is 1.68. The predicted molar refractivity (Wildman–Crippen MR) is 64.6 cm³/mol. The molecular weight excluding hydrogens is 386 g/mol. The number of aliphatic hydroxyl groups is 2. The van der Waals surface area contributed by atoms with Crippen molar-refractivity contribution < 1.29 is 37.7 Å². The Bertz CT molecular complexity index is 327. The summed E-state index contributed by atoms with van der Waals surface area (Å²) in [6, 6.07) is -1.18. The SMILES string of the molecule is CO[C@H]1O[C@H](CO)[C@@H](O)[C@@H](I)[C@H]1NC(=O)C(F)(F)F. The molecule has 3 N–H and O–H groups in total. The van der Waals surface area contributed by atoms with E-state index < -0.39 is 47.2 Å². The molecule has 6 nitrogen and oxygen atoms in total. The lowest BCUT2D eigenvalue weighted by Gasteiger charge is -2.41. The third-order valence-corrected chi connectivity index (χ3v) is 4.13. The van der Waals surface area contributed by atoms with Crippen molar-refractivity contribution in [2.75, 3.05) is 13.7 Å². The maximum atomic E-state index is 12.2. The Balaban J connectivity index is 2.82. The Morgan fingerprint density at radius 3 is 2.53 bits per heavy atom. The van der Waals surface area contributed by atoms with Gasteiger partial charge in [0.25, 0.3) is 0 Å². The van der Waals surface area contributed by atoms with E-state index in [-0.39, 0.29) is 0 Å². The van der Waals surface area contributed by atoms with Crippen LogP contribution < -0.4 is 5.32 Å². The van der Waals surface area contributed by atoms with Crippen LogP contribution in [0, 0.1) is 0 Å². The van der Waals surface area contributed by atoms with E-state index in [0.29, 0.717) is 0 Å². The second-order valence-electron chi connectivity index (χ2n) is 3.89. The van der Waals surface area contributed by atoms with Crippen molar-refractivity contribution in [1.29, 1.82) is 0 Å². The molecule has 1 saturated heterocycles. The van der Waals surface area contributed by atoms with Gasteiger partial charge in [-0.2, -0.15) is 13.2 Å². The summed E-state index contributed by atoms with van der Waals surface area (Å²) in [4.78, 5) is 10.9. The minimum absolute atomic E-state index is 0.513. The smallest absolute Gasteiger partial charge is 0.394 e. The minimum atomic E-state index is -5.03. The average molecular weight is 399 g/mol. The molecule has 112 valence electrons. The molecule has 5 atom stereocenters. The maximum Gasteiger partial charge on any atom is 0.471 e. The van der Waals surface area contributed by atoms with Crippen LogP contribution >= 0.6 is 22.6 Å². The van der Waals surface area contributed by atoms with Crippen molar-refractivity contribution in [3.05, 3.63) is 0 Å². The zero-order chi connectivity index (χ0) is 14.8. The number of hydrogen-bond donors (Lipinski definition) is 3. The number of aliphatic hydroxyl groups excluding tert-OH is 2. The van der Waals surface area contributed by atoms with E-state index in [1.165, 1.54) is 7.11 Å². The number of ether oxygens (including phenoxy) is 2. The molecule has 19 heavy (non-hydrogen) atoms. The molecule has 0 bridgehead atoms. The molecule has 0 radical (unpaired) electrons. The first-order chi connectivity index (χ1) is 8.72. The summed E-state index contributed by atoms with van der Waals surface area (Å²) < 4.78 is 45.7. The van der Waals surface area contributed by atoms with Gasteiger partial charge in [-0.05, 0) is 0 Å². The van der Waals surface area contributed by atoms with Crippen LogP contribution in [0.4, 0.5) is 13.2 Å². The monoisotopic (exact) mass is 399 g/mol. The summed E-state index contributed by atoms with van der Waals surface area (Å²) in [6.07, 6.45) is -8.43. The lowest BCUT2D eigenvalue weighted by Crippen LogP contribution is -2.63.